The predicted octanol–water partition coefficient (Wildman–Crippen LogP) is 4.04. The van der Waals surface area contributed by atoms with E-state index in [1.165, 1.54) is 0 Å². The molecule has 0 bridgehead atoms. The Morgan fingerprint density at radius 3 is 2.82 bits per heavy atom. The minimum absolute atomic E-state index is 0.0391. The van der Waals surface area contributed by atoms with Gasteiger partial charge in [-0.25, -0.2) is 0 Å². The smallest absolute Gasteiger partial charge is 0.273 e. The second-order valence-corrected chi connectivity index (χ2v) is 7.98. The van der Waals surface area contributed by atoms with Crippen molar-refractivity contribution in [2.45, 2.75) is 13.0 Å². The molecule has 1 aliphatic heterocycles. The fourth-order valence-corrected chi connectivity index (χ4v) is 4.20. The highest BCUT2D eigenvalue weighted by Gasteiger charge is 2.42. The van der Waals surface area contributed by atoms with Gasteiger partial charge in [-0.3, -0.25) is 9.89 Å². The lowest BCUT2D eigenvalue weighted by Crippen LogP contribution is -2.32. The topological polar surface area (TPSA) is 89.5 Å². The van der Waals surface area contributed by atoms with Gasteiger partial charge >= 0.3 is 0 Å². The van der Waals surface area contributed by atoms with Crippen molar-refractivity contribution in [1.29, 1.82) is 0 Å². The number of aromatic hydroxyl groups is 1. The first-order valence-corrected chi connectivity index (χ1v) is 9.84. The van der Waals surface area contributed by atoms with Crippen LogP contribution >= 0.6 is 27.5 Å². The fraction of sp³-hybridized carbons (Fsp3) is 0.200. The van der Waals surface area contributed by atoms with Gasteiger partial charge in [-0.1, -0.05) is 39.7 Å². The van der Waals surface area contributed by atoms with E-state index in [4.69, 9.17) is 11.6 Å². The van der Waals surface area contributed by atoms with Crippen LogP contribution in [0.15, 0.2) is 40.9 Å². The van der Waals surface area contributed by atoms with Crippen molar-refractivity contribution < 1.29 is 15.0 Å². The summed E-state index contributed by atoms with van der Waals surface area (Å²) in [5.74, 6) is -0.206. The number of β-amino-alcohol motifs (C(OH)–C–C–N with tert-alkyl or cyclic N) is 1. The van der Waals surface area contributed by atoms with Gasteiger partial charge in [0, 0.05) is 27.2 Å². The summed E-state index contributed by atoms with van der Waals surface area (Å²) in [6.45, 7) is 1.82. The number of aromatic amines is 1. The molecule has 2 heterocycles. The molecule has 144 valence electrons. The summed E-state index contributed by atoms with van der Waals surface area (Å²) in [5.41, 5.74) is 3.54. The quantitative estimate of drug-likeness (QED) is 0.546. The van der Waals surface area contributed by atoms with Crippen molar-refractivity contribution in [3.05, 3.63) is 68.3 Å². The van der Waals surface area contributed by atoms with E-state index in [2.05, 4.69) is 26.1 Å². The number of benzene rings is 2. The summed E-state index contributed by atoms with van der Waals surface area (Å²) >= 11 is 9.74. The van der Waals surface area contributed by atoms with Crippen LogP contribution < -0.4 is 0 Å². The second kappa shape index (κ2) is 7.24. The minimum atomic E-state index is -0.444. The maximum absolute atomic E-state index is 12.9. The third kappa shape index (κ3) is 2.99. The van der Waals surface area contributed by atoms with E-state index in [0.29, 0.717) is 27.5 Å². The molecule has 8 heteroatoms. The number of aryl methyl sites for hydroxylation is 1. The molecule has 0 saturated heterocycles. The molecule has 0 fully saturated rings. The van der Waals surface area contributed by atoms with Crippen LogP contribution in [0.5, 0.6) is 5.75 Å². The molecule has 1 aromatic heterocycles. The number of halogens is 2. The number of phenolic OH excluding ortho intramolecular Hbond substituents is 1. The molecule has 3 aromatic rings. The number of H-pyrrole nitrogens is 1. The number of nitrogens with one attached hydrogen (secondary N) is 1. The Morgan fingerprint density at radius 2 is 2.11 bits per heavy atom. The number of aromatic nitrogens is 2. The van der Waals surface area contributed by atoms with E-state index in [1.54, 1.807) is 24.0 Å². The lowest BCUT2D eigenvalue weighted by atomic mass is 9.95. The number of hydrogen-bond donors (Lipinski definition) is 3. The average molecular weight is 463 g/mol. The van der Waals surface area contributed by atoms with Crippen LogP contribution in [0.25, 0.3) is 11.3 Å². The monoisotopic (exact) mass is 461 g/mol. The number of phenols is 1. The number of fused-ring (bicyclic) bond motifs is 1. The van der Waals surface area contributed by atoms with Gasteiger partial charge in [-0.15, -0.1) is 0 Å². The Hall–Kier alpha value is -2.35. The molecule has 3 N–H and O–H groups in total. The van der Waals surface area contributed by atoms with E-state index >= 15 is 0 Å². The van der Waals surface area contributed by atoms with E-state index in [-0.39, 0.29) is 24.8 Å². The Bertz CT molecular complexity index is 1080. The lowest BCUT2D eigenvalue weighted by Gasteiger charge is -2.25. The zero-order valence-corrected chi connectivity index (χ0v) is 17.3. The van der Waals surface area contributed by atoms with E-state index < -0.39 is 6.04 Å². The van der Waals surface area contributed by atoms with Gasteiger partial charge in [0.05, 0.1) is 12.6 Å². The van der Waals surface area contributed by atoms with Crippen molar-refractivity contribution in [3.8, 4) is 17.0 Å². The molecule has 1 atom stereocenters. The van der Waals surface area contributed by atoms with Crippen LogP contribution in [0.1, 0.15) is 33.2 Å². The van der Waals surface area contributed by atoms with Crippen LogP contribution in [0.4, 0.5) is 0 Å². The first-order chi connectivity index (χ1) is 13.4. The highest BCUT2D eigenvalue weighted by molar-refractivity contribution is 9.10. The number of carbonyl (C=O) groups is 1. The Kier molecular flexibility index (Phi) is 4.91. The number of rotatable bonds is 4. The fourth-order valence-electron chi connectivity index (χ4n) is 3.62. The summed E-state index contributed by atoms with van der Waals surface area (Å²) in [4.78, 5) is 14.5. The molecule has 4 rings (SSSR count). The summed E-state index contributed by atoms with van der Waals surface area (Å²) in [6.07, 6.45) is 0. The van der Waals surface area contributed by atoms with Crippen LogP contribution in [-0.2, 0) is 0 Å². The molecule has 6 nitrogen and oxygen atoms in total. The number of hydrogen-bond acceptors (Lipinski definition) is 4. The third-order valence-corrected chi connectivity index (χ3v) is 5.80. The van der Waals surface area contributed by atoms with E-state index in [1.807, 2.05) is 24.3 Å². The lowest BCUT2D eigenvalue weighted by molar-refractivity contribution is 0.0706. The second-order valence-electron chi connectivity index (χ2n) is 6.66. The normalized spacial score (nSPS) is 15.9. The predicted molar refractivity (Wildman–Crippen MR) is 110 cm³/mol. The Balaban J connectivity index is 1.94. The Morgan fingerprint density at radius 1 is 1.32 bits per heavy atom. The highest BCUT2D eigenvalue weighted by atomic mass is 79.9. The molecule has 1 unspecified atom stereocenters. The molecular weight excluding hydrogens is 446 g/mol. The number of nitrogens with zero attached hydrogens (tertiary/aromatic N) is 2. The van der Waals surface area contributed by atoms with Gasteiger partial charge in [0.25, 0.3) is 5.91 Å². The molecule has 28 heavy (non-hydrogen) atoms. The molecular formula is C20H17BrClN3O3. The van der Waals surface area contributed by atoms with Crippen LogP contribution in [0, 0.1) is 6.92 Å². The molecule has 0 saturated carbocycles. The van der Waals surface area contributed by atoms with E-state index in [9.17, 15) is 15.0 Å². The van der Waals surface area contributed by atoms with Gasteiger partial charge in [-0.2, -0.15) is 5.10 Å². The Labute approximate surface area is 174 Å². The number of aliphatic hydroxyl groups is 1. The summed E-state index contributed by atoms with van der Waals surface area (Å²) < 4.78 is 0.876. The third-order valence-electron chi connectivity index (χ3n) is 4.90. The zero-order chi connectivity index (χ0) is 20.0. The SMILES string of the molecule is Cc1cc(O)c(-c2n[nH]c3c2C(c2cccc(Br)c2)N(CCO)C3=O)cc1Cl. The van der Waals surface area contributed by atoms with Gasteiger partial charge in [0.15, 0.2) is 0 Å². The standard InChI is InChI=1S/C20H17BrClN3O3/c1-10-7-15(27)13(9-14(10)22)17-16-18(24-23-17)20(28)25(5-6-26)19(16)11-3-2-4-12(21)8-11/h2-4,7-9,19,26-27H,5-6H2,1H3,(H,23,24). The van der Waals surface area contributed by atoms with Crippen molar-refractivity contribution >= 4 is 33.4 Å². The molecule has 1 amide bonds. The van der Waals surface area contributed by atoms with Gasteiger partial charge in [-0.05, 0) is 42.3 Å². The number of aliphatic hydroxyl groups excluding tert-OH is 1. The number of amides is 1. The maximum Gasteiger partial charge on any atom is 0.273 e. The number of carbonyl (C=O) groups excluding carboxylic acids is 1. The van der Waals surface area contributed by atoms with Crippen molar-refractivity contribution in [2.75, 3.05) is 13.2 Å². The van der Waals surface area contributed by atoms with Crippen LogP contribution in [-0.4, -0.2) is 44.4 Å². The zero-order valence-electron chi connectivity index (χ0n) is 14.9. The molecule has 0 radical (unpaired) electrons. The van der Waals surface area contributed by atoms with Gasteiger partial charge < -0.3 is 15.1 Å². The van der Waals surface area contributed by atoms with Crippen molar-refractivity contribution in [1.82, 2.24) is 15.1 Å². The van der Waals surface area contributed by atoms with Crippen LogP contribution in [0.3, 0.4) is 0 Å². The summed E-state index contributed by atoms with van der Waals surface area (Å²) in [5, 5.41) is 27.6. The van der Waals surface area contributed by atoms with Gasteiger partial charge in [0.2, 0.25) is 0 Å². The van der Waals surface area contributed by atoms with Crippen LogP contribution in [0.2, 0.25) is 5.02 Å². The van der Waals surface area contributed by atoms with E-state index in [0.717, 1.165) is 15.6 Å². The molecule has 0 aliphatic carbocycles. The maximum atomic E-state index is 12.9. The van der Waals surface area contributed by atoms with Crippen molar-refractivity contribution in [2.24, 2.45) is 0 Å². The van der Waals surface area contributed by atoms with Gasteiger partial charge in [0.1, 0.15) is 17.1 Å². The summed E-state index contributed by atoms with van der Waals surface area (Å²) in [7, 11) is 0. The molecule has 1 aliphatic rings. The first kappa shape index (κ1) is 19.0. The van der Waals surface area contributed by atoms with Crippen molar-refractivity contribution in [3.63, 3.8) is 0 Å². The molecule has 0 spiro atoms. The average Bonchev–Trinajstić information content (AvgIpc) is 3.18. The molecule has 2 aromatic carbocycles. The largest absolute Gasteiger partial charge is 0.507 e. The minimum Gasteiger partial charge on any atom is -0.507 e. The summed E-state index contributed by atoms with van der Waals surface area (Å²) in [6, 6.07) is 10.4. The highest BCUT2D eigenvalue weighted by Crippen LogP contribution is 2.45. The first-order valence-electron chi connectivity index (χ1n) is 8.67.